The minimum Gasteiger partial charge on any atom is -0.357 e. The molecular formula is C18H25N5O2. The van der Waals surface area contributed by atoms with E-state index in [4.69, 9.17) is 0 Å². The fourth-order valence-corrected chi connectivity index (χ4v) is 3.66. The number of aromatic nitrogens is 3. The summed E-state index contributed by atoms with van der Waals surface area (Å²) in [6.07, 6.45) is 6.82. The Balaban J connectivity index is 1.77. The van der Waals surface area contributed by atoms with Crippen LogP contribution in [0.1, 0.15) is 47.4 Å². The molecule has 2 N–H and O–H groups in total. The van der Waals surface area contributed by atoms with E-state index in [-0.39, 0.29) is 23.8 Å². The second-order valence-electron chi connectivity index (χ2n) is 6.62. The van der Waals surface area contributed by atoms with E-state index in [1.165, 1.54) is 0 Å². The van der Waals surface area contributed by atoms with E-state index >= 15 is 0 Å². The van der Waals surface area contributed by atoms with Crippen molar-refractivity contribution in [2.75, 3.05) is 13.1 Å². The summed E-state index contributed by atoms with van der Waals surface area (Å²) in [5, 5.41) is 7.28. The number of amides is 2. The molecule has 7 nitrogen and oxygen atoms in total. The number of nitrogens with zero attached hydrogens (tertiary/aromatic N) is 3. The SMILES string of the molecule is CCN1C(=O)CC[C@H](CNC(=O)c2[nH]ccc2C)[C@H]1c1cnn(C)c1. The lowest BCUT2D eigenvalue weighted by atomic mass is 9.85. The molecule has 2 amide bonds. The highest BCUT2D eigenvalue weighted by molar-refractivity contribution is 5.93. The molecule has 2 aromatic heterocycles. The Bertz CT molecular complexity index is 763. The third-order valence-corrected chi connectivity index (χ3v) is 4.95. The molecule has 3 rings (SSSR count). The van der Waals surface area contributed by atoms with Crippen LogP contribution in [-0.4, -0.2) is 44.6 Å². The summed E-state index contributed by atoms with van der Waals surface area (Å²) in [6.45, 7) is 5.08. The highest BCUT2D eigenvalue weighted by Gasteiger charge is 2.36. The Labute approximate surface area is 147 Å². The van der Waals surface area contributed by atoms with Crippen molar-refractivity contribution in [3.05, 3.63) is 41.5 Å². The largest absolute Gasteiger partial charge is 0.357 e. The van der Waals surface area contributed by atoms with Crippen LogP contribution in [0.3, 0.4) is 0 Å². The summed E-state index contributed by atoms with van der Waals surface area (Å²) in [4.78, 5) is 29.6. The van der Waals surface area contributed by atoms with Gasteiger partial charge in [0.05, 0.1) is 12.2 Å². The Hall–Kier alpha value is -2.57. The number of nitrogens with one attached hydrogen (secondary N) is 2. The van der Waals surface area contributed by atoms with Gasteiger partial charge >= 0.3 is 0 Å². The molecule has 0 aliphatic carbocycles. The first-order valence-electron chi connectivity index (χ1n) is 8.71. The molecule has 7 heteroatoms. The van der Waals surface area contributed by atoms with Crippen molar-refractivity contribution in [2.24, 2.45) is 13.0 Å². The molecule has 1 saturated heterocycles. The first-order valence-corrected chi connectivity index (χ1v) is 8.71. The van der Waals surface area contributed by atoms with Gasteiger partial charge < -0.3 is 15.2 Å². The Morgan fingerprint density at radius 3 is 2.88 bits per heavy atom. The Morgan fingerprint density at radius 2 is 2.28 bits per heavy atom. The Kier molecular flexibility index (Phi) is 4.92. The van der Waals surface area contributed by atoms with Crippen molar-refractivity contribution in [2.45, 2.75) is 32.7 Å². The summed E-state index contributed by atoms with van der Waals surface area (Å²) in [5.74, 6) is 0.229. The van der Waals surface area contributed by atoms with Crippen LogP contribution in [-0.2, 0) is 11.8 Å². The molecule has 0 spiro atoms. The van der Waals surface area contributed by atoms with Crippen LogP contribution in [0.15, 0.2) is 24.7 Å². The van der Waals surface area contributed by atoms with Gasteiger partial charge in [0.2, 0.25) is 5.91 Å². The van der Waals surface area contributed by atoms with Gasteiger partial charge in [0, 0.05) is 50.4 Å². The summed E-state index contributed by atoms with van der Waals surface area (Å²) in [5.41, 5.74) is 2.54. The minimum atomic E-state index is -0.104. The summed E-state index contributed by atoms with van der Waals surface area (Å²) in [6, 6.07) is 1.83. The average molecular weight is 343 g/mol. The van der Waals surface area contributed by atoms with Gasteiger partial charge in [-0.05, 0) is 31.9 Å². The van der Waals surface area contributed by atoms with E-state index in [0.717, 1.165) is 17.5 Å². The maximum Gasteiger partial charge on any atom is 0.267 e. The van der Waals surface area contributed by atoms with Crippen molar-refractivity contribution in [3.63, 3.8) is 0 Å². The van der Waals surface area contributed by atoms with Gasteiger partial charge in [-0.1, -0.05) is 0 Å². The first kappa shape index (κ1) is 17.3. The first-order chi connectivity index (χ1) is 12.0. The average Bonchev–Trinajstić information content (AvgIpc) is 3.21. The molecule has 134 valence electrons. The van der Waals surface area contributed by atoms with Gasteiger partial charge in [-0.3, -0.25) is 14.3 Å². The van der Waals surface area contributed by atoms with Gasteiger partial charge in [0.25, 0.3) is 5.91 Å². The summed E-state index contributed by atoms with van der Waals surface area (Å²) >= 11 is 0. The van der Waals surface area contributed by atoms with Crippen molar-refractivity contribution in [1.29, 1.82) is 0 Å². The molecule has 1 aliphatic heterocycles. The number of rotatable bonds is 5. The molecule has 3 heterocycles. The molecular weight excluding hydrogens is 318 g/mol. The lowest BCUT2D eigenvalue weighted by Gasteiger charge is -2.40. The molecule has 25 heavy (non-hydrogen) atoms. The predicted octanol–water partition coefficient (Wildman–Crippen LogP) is 1.79. The zero-order valence-corrected chi connectivity index (χ0v) is 15.0. The maximum absolute atomic E-state index is 12.4. The molecule has 0 saturated carbocycles. The van der Waals surface area contributed by atoms with Crippen LogP contribution in [0, 0.1) is 12.8 Å². The lowest BCUT2D eigenvalue weighted by molar-refractivity contribution is -0.138. The van der Waals surface area contributed by atoms with Crippen LogP contribution in [0.5, 0.6) is 0 Å². The summed E-state index contributed by atoms with van der Waals surface area (Å²) in [7, 11) is 1.87. The number of piperidine rings is 1. The van der Waals surface area contributed by atoms with E-state index in [1.807, 2.05) is 44.3 Å². The minimum absolute atomic E-state index is 0.0509. The molecule has 1 aliphatic rings. The topological polar surface area (TPSA) is 83.0 Å². The second-order valence-corrected chi connectivity index (χ2v) is 6.62. The lowest BCUT2D eigenvalue weighted by Crippen LogP contribution is -2.46. The van der Waals surface area contributed by atoms with E-state index in [9.17, 15) is 9.59 Å². The molecule has 0 unspecified atom stereocenters. The number of hydrogen-bond donors (Lipinski definition) is 2. The Morgan fingerprint density at radius 1 is 1.48 bits per heavy atom. The van der Waals surface area contributed by atoms with Crippen LogP contribution >= 0.6 is 0 Å². The van der Waals surface area contributed by atoms with Crippen LogP contribution in [0.2, 0.25) is 0 Å². The summed E-state index contributed by atoms with van der Waals surface area (Å²) < 4.78 is 1.75. The number of aryl methyl sites for hydroxylation is 2. The van der Waals surface area contributed by atoms with Crippen molar-refractivity contribution >= 4 is 11.8 Å². The smallest absolute Gasteiger partial charge is 0.267 e. The molecule has 0 radical (unpaired) electrons. The maximum atomic E-state index is 12.4. The number of H-pyrrole nitrogens is 1. The highest BCUT2D eigenvalue weighted by Crippen LogP contribution is 2.36. The monoisotopic (exact) mass is 343 g/mol. The number of likely N-dealkylation sites (tertiary alicyclic amines) is 1. The van der Waals surface area contributed by atoms with Crippen molar-refractivity contribution in [3.8, 4) is 0 Å². The van der Waals surface area contributed by atoms with E-state index in [0.29, 0.717) is 25.2 Å². The van der Waals surface area contributed by atoms with Crippen molar-refractivity contribution in [1.82, 2.24) is 25.0 Å². The molecule has 2 aromatic rings. The number of aromatic amines is 1. The van der Waals surface area contributed by atoms with Gasteiger partial charge in [-0.25, -0.2) is 0 Å². The number of carbonyl (C=O) groups excluding carboxylic acids is 2. The fourth-order valence-electron chi connectivity index (χ4n) is 3.66. The van der Waals surface area contributed by atoms with E-state index in [2.05, 4.69) is 15.4 Å². The van der Waals surface area contributed by atoms with Crippen LogP contribution in [0.25, 0.3) is 0 Å². The molecule has 0 aromatic carbocycles. The highest BCUT2D eigenvalue weighted by atomic mass is 16.2. The van der Waals surface area contributed by atoms with Crippen LogP contribution in [0.4, 0.5) is 0 Å². The molecule has 1 fully saturated rings. The van der Waals surface area contributed by atoms with E-state index < -0.39 is 0 Å². The fraction of sp³-hybridized carbons (Fsp3) is 0.500. The third-order valence-electron chi connectivity index (χ3n) is 4.95. The standard InChI is InChI=1S/C18H25N5O2/c1-4-23-15(24)6-5-13(17(23)14-10-21-22(3)11-14)9-20-18(25)16-12(2)7-8-19-16/h7-8,10-11,13,17,19H,4-6,9H2,1-3H3,(H,20,25)/t13-,17+/m1/s1. The third kappa shape index (κ3) is 3.45. The van der Waals surface area contributed by atoms with Crippen LogP contribution < -0.4 is 5.32 Å². The van der Waals surface area contributed by atoms with Gasteiger partial charge in [-0.15, -0.1) is 0 Å². The molecule has 2 atom stereocenters. The van der Waals surface area contributed by atoms with Gasteiger partial charge in [-0.2, -0.15) is 5.10 Å². The zero-order chi connectivity index (χ0) is 18.0. The normalized spacial score (nSPS) is 20.8. The molecule has 0 bridgehead atoms. The van der Waals surface area contributed by atoms with Crippen molar-refractivity contribution < 1.29 is 9.59 Å². The van der Waals surface area contributed by atoms with E-state index in [1.54, 1.807) is 10.9 Å². The predicted molar refractivity (Wildman–Crippen MR) is 93.9 cm³/mol. The quantitative estimate of drug-likeness (QED) is 0.868. The van der Waals surface area contributed by atoms with Gasteiger partial charge in [0.15, 0.2) is 0 Å². The zero-order valence-electron chi connectivity index (χ0n) is 15.0. The van der Waals surface area contributed by atoms with Gasteiger partial charge in [0.1, 0.15) is 5.69 Å². The number of hydrogen-bond acceptors (Lipinski definition) is 3. The number of carbonyl (C=O) groups is 2. The second kappa shape index (κ2) is 7.13.